The van der Waals surface area contributed by atoms with Gasteiger partial charge in [-0.2, -0.15) is 0 Å². The van der Waals surface area contributed by atoms with Crippen LogP contribution >= 0.6 is 0 Å². The molecule has 0 spiro atoms. The summed E-state index contributed by atoms with van der Waals surface area (Å²) in [5.41, 5.74) is 5.76. The highest BCUT2D eigenvalue weighted by Gasteiger charge is 2.18. The second kappa shape index (κ2) is 9.74. The van der Waals surface area contributed by atoms with Crippen LogP contribution in [0.2, 0.25) is 0 Å². The number of fused-ring (bicyclic) bond motifs is 1. The number of carbonyl (C=O) groups is 3. The maximum Gasteiger partial charge on any atom is 0.310 e. The van der Waals surface area contributed by atoms with Crippen molar-refractivity contribution >= 4 is 17.7 Å². The van der Waals surface area contributed by atoms with E-state index in [-0.39, 0.29) is 31.2 Å². The lowest BCUT2D eigenvalue weighted by atomic mass is 9.90. The molecule has 6 heteroatoms. The number of nitrogens with zero attached hydrogens (tertiary/aromatic N) is 1. The second-order valence-electron chi connectivity index (χ2n) is 7.83. The molecule has 0 unspecified atom stereocenters. The molecule has 0 N–H and O–H groups in total. The molecule has 1 aromatic heterocycles. The number of hydrogen-bond donors (Lipinski definition) is 0. The van der Waals surface area contributed by atoms with Crippen LogP contribution in [-0.2, 0) is 44.9 Å². The first-order valence-electron chi connectivity index (χ1n) is 10.4. The third kappa shape index (κ3) is 5.17. The van der Waals surface area contributed by atoms with E-state index in [0.717, 1.165) is 29.8 Å². The van der Waals surface area contributed by atoms with Gasteiger partial charge in [-0.25, -0.2) is 0 Å². The van der Waals surface area contributed by atoms with Gasteiger partial charge in [0.2, 0.25) is 5.78 Å². The van der Waals surface area contributed by atoms with Gasteiger partial charge in [-0.15, -0.1) is 0 Å². The van der Waals surface area contributed by atoms with E-state index in [1.807, 2.05) is 24.5 Å². The summed E-state index contributed by atoms with van der Waals surface area (Å²) in [6, 6.07) is 7.94. The Hall–Kier alpha value is -2.89. The van der Waals surface area contributed by atoms with Gasteiger partial charge in [0.15, 0.2) is 6.61 Å². The van der Waals surface area contributed by atoms with Crippen molar-refractivity contribution in [3.8, 4) is 0 Å². The van der Waals surface area contributed by atoms with Crippen LogP contribution in [0.4, 0.5) is 0 Å². The largest absolute Gasteiger partial charge is 0.469 e. The Morgan fingerprint density at radius 1 is 1.00 bits per heavy atom. The van der Waals surface area contributed by atoms with Gasteiger partial charge in [0.1, 0.15) is 0 Å². The number of methoxy groups -OCH3 is 1. The molecular formula is C24H29NO5. The van der Waals surface area contributed by atoms with Crippen molar-refractivity contribution in [3.63, 3.8) is 0 Å². The molecule has 0 saturated heterocycles. The highest BCUT2D eigenvalue weighted by atomic mass is 16.5. The molecule has 0 fully saturated rings. The summed E-state index contributed by atoms with van der Waals surface area (Å²) in [7, 11) is 1.35. The maximum atomic E-state index is 12.6. The zero-order valence-corrected chi connectivity index (χ0v) is 18.0. The van der Waals surface area contributed by atoms with E-state index >= 15 is 0 Å². The number of aromatic nitrogens is 1. The second-order valence-corrected chi connectivity index (χ2v) is 7.83. The van der Waals surface area contributed by atoms with E-state index in [1.54, 1.807) is 6.07 Å². The number of hydrogen-bond acceptors (Lipinski definition) is 5. The first-order valence-corrected chi connectivity index (χ1v) is 10.4. The average Bonchev–Trinajstić information content (AvgIpc) is 3.03. The van der Waals surface area contributed by atoms with Gasteiger partial charge in [-0.1, -0.05) is 18.2 Å². The summed E-state index contributed by atoms with van der Waals surface area (Å²) in [5.74, 6) is -0.948. The van der Waals surface area contributed by atoms with Gasteiger partial charge in [-0.3, -0.25) is 14.4 Å². The molecule has 1 aromatic carbocycles. The number of benzene rings is 1. The number of ether oxygens (including phenoxy) is 2. The van der Waals surface area contributed by atoms with Gasteiger partial charge in [-0.05, 0) is 62.3 Å². The first kappa shape index (κ1) is 21.8. The molecule has 160 valence electrons. The SMILES string of the molecule is COC(=O)CCn1c(C)cc(C(=O)COC(=O)Cc2ccc3c(c2)CCCC3)c1C. The third-order valence-corrected chi connectivity index (χ3v) is 5.77. The zero-order chi connectivity index (χ0) is 21.7. The Morgan fingerprint density at radius 2 is 1.73 bits per heavy atom. The van der Waals surface area contributed by atoms with E-state index in [0.29, 0.717) is 12.1 Å². The zero-order valence-electron chi connectivity index (χ0n) is 18.0. The molecule has 0 amide bonds. The Morgan fingerprint density at radius 3 is 2.47 bits per heavy atom. The van der Waals surface area contributed by atoms with Gasteiger partial charge in [0.05, 0.1) is 20.0 Å². The Labute approximate surface area is 177 Å². The van der Waals surface area contributed by atoms with Crippen molar-refractivity contribution in [2.75, 3.05) is 13.7 Å². The summed E-state index contributed by atoms with van der Waals surface area (Å²) in [6.45, 7) is 3.86. The quantitative estimate of drug-likeness (QED) is 0.491. The monoisotopic (exact) mass is 411 g/mol. The molecule has 2 aromatic rings. The van der Waals surface area contributed by atoms with Crippen molar-refractivity contribution in [2.24, 2.45) is 0 Å². The van der Waals surface area contributed by atoms with Crippen LogP contribution in [-0.4, -0.2) is 36.0 Å². The predicted octanol–water partition coefficient (Wildman–Crippen LogP) is 3.52. The minimum absolute atomic E-state index is 0.165. The summed E-state index contributed by atoms with van der Waals surface area (Å²) in [6.07, 6.45) is 4.97. The number of rotatable bonds is 8. The van der Waals surface area contributed by atoms with E-state index in [1.165, 1.54) is 31.1 Å². The van der Waals surface area contributed by atoms with Crippen molar-refractivity contribution in [3.05, 3.63) is 57.9 Å². The minimum Gasteiger partial charge on any atom is -0.469 e. The lowest BCUT2D eigenvalue weighted by Crippen LogP contribution is -2.17. The van der Waals surface area contributed by atoms with Crippen LogP contribution in [0.1, 0.15) is 57.7 Å². The molecule has 1 aliphatic carbocycles. The van der Waals surface area contributed by atoms with Gasteiger partial charge in [0, 0.05) is 23.5 Å². The average molecular weight is 411 g/mol. The van der Waals surface area contributed by atoms with Crippen molar-refractivity contribution in [1.82, 2.24) is 4.57 Å². The summed E-state index contributed by atoms with van der Waals surface area (Å²) >= 11 is 0. The number of carbonyl (C=O) groups excluding carboxylic acids is 3. The Balaban J connectivity index is 1.56. The fraction of sp³-hybridized carbons (Fsp3) is 0.458. The molecule has 1 aliphatic rings. The van der Waals surface area contributed by atoms with Crippen molar-refractivity contribution < 1.29 is 23.9 Å². The molecule has 0 saturated carbocycles. The first-order chi connectivity index (χ1) is 14.4. The van der Waals surface area contributed by atoms with Crippen molar-refractivity contribution in [2.45, 2.75) is 58.9 Å². The van der Waals surface area contributed by atoms with Crippen LogP contribution in [0.5, 0.6) is 0 Å². The Kier molecular flexibility index (Phi) is 7.08. The minimum atomic E-state index is -0.404. The van der Waals surface area contributed by atoms with Crippen LogP contribution in [0, 0.1) is 13.8 Å². The topological polar surface area (TPSA) is 74.6 Å². The molecule has 3 rings (SSSR count). The molecule has 0 aliphatic heterocycles. The highest BCUT2D eigenvalue weighted by Crippen LogP contribution is 2.22. The van der Waals surface area contributed by atoms with Crippen LogP contribution in [0.15, 0.2) is 24.3 Å². The molecule has 6 nitrogen and oxygen atoms in total. The lowest BCUT2D eigenvalue weighted by Gasteiger charge is -2.16. The molecule has 0 atom stereocenters. The molecule has 0 radical (unpaired) electrons. The summed E-state index contributed by atoms with van der Waals surface area (Å²) in [4.78, 5) is 36.2. The van der Waals surface area contributed by atoms with Crippen LogP contribution < -0.4 is 0 Å². The molecular weight excluding hydrogens is 382 g/mol. The van der Waals surface area contributed by atoms with Gasteiger partial charge >= 0.3 is 11.9 Å². The molecule has 30 heavy (non-hydrogen) atoms. The van der Waals surface area contributed by atoms with Gasteiger partial charge in [0.25, 0.3) is 0 Å². The number of esters is 2. The van der Waals surface area contributed by atoms with Crippen molar-refractivity contribution in [1.29, 1.82) is 0 Å². The smallest absolute Gasteiger partial charge is 0.310 e. The highest BCUT2D eigenvalue weighted by molar-refractivity contribution is 5.99. The standard InChI is InChI=1S/C24H29NO5/c1-16-12-21(17(2)25(16)11-10-23(27)29-3)22(26)15-30-24(28)14-18-8-9-19-6-4-5-7-20(19)13-18/h8-9,12-13H,4-7,10-11,14-15H2,1-3H3. The van der Waals surface area contributed by atoms with Crippen LogP contribution in [0.3, 0.4) is 0 Å². The van der Waals surface area contributed by atoms with E-state index in [4.69, 9.17) is 4.74 Å². The van der Waals surface area contributed by atoms with E-state index in [2.05, 4.69) is 16.9 Å². The summed E-state index contributed by atoms with van der Waals surface area (Å²) < 4.78 is 11.8. The fourth-order valence-electron chi connectivity index (χ4n) is 4.07. The Bertz CT molecular complexity index is 957. The lowest BCUT2D eigenvalue weighted by molar-refractivity contribution is -0.142. The predicted molar refractivity (Wildman–Crippen MR) is 113 cm³/mol. The molecule has 1 heterocycles. The number of Topliss-reactive ketones (excluding diaryl/α,β-unsaturated/α-hetero) is 1. The summed E-state index contributed by atoms with van der Waals surface area (Å²) in [5, 5.41) is 0. The number of aryl methyl sites for hydroxylation is 3. The maximum absolute atomic E-state index is 12.6. The normalized spacial score (nSPS) is 12.9. The molecule has 0 bridgehead atoms. The van der Waals surface area contributed by atoms with E-state index < -0.39 is 5.97 Å². The van der Waals surface area contributed by atoms with E-state index in [9.17, 15) is 14.4 Å². The fourth-order valence-corrected chi connectivity index (χ4v) is 4.07. The van der Waals surface area contributed by atoms with Gasteiger partial charge < -0.3 is 14.0 Å². The third-order valence-electron chi connectivity index (χ3n) is 5.77. The van der Waals surface area contributed by atoms with Crippen LogP contribution in [0.25, 0.3) is 0 Å². The number of ketones is 1.